The fourth-order valence-electron chi connectivity index (χ4n) is 5.00. The maximum atomic E-state index is 12.7. The van der Waals surface area contributed by atoms with Crippen molar-refractivity contribution in [3.8, 4) is 11.5 Å². The van der Waals surface area contributed by atoms with Gasteiger partial charge >= 0.3 is 5.97 Å². The van der Waals surface area contributed by atoms with Crippen LogP contribution >= 0.6 is 0 Å². The molecule has 0 amide bonds. The van der Waals surface area contributed by atoms with Gasteiger partial charge in [0.2, 0.25) is 0 Å². The van der Waals surface area contributed by atoms with Crippen molar-refractivity contribution < 1.29 is 14.6 Å². The molecule has 0 saturated carbocycles. The fourth-order valence-corrected chi connectivity index (χ4v) is 5.00. The first kappa shape index (κ1) is 33.7. The molecule has 0 radical (unpaired) electrons. The molecule has 2 rings (SSSR count). The Kier molecular flexibility index (Phi) is 10.9. The van der Waals surface area contributed by atoms with E-state index in [1.54, 1.807) is 0 Å². The zero-order valence-electron chi connectivity index (χ0n) is 27.5. The molecule has 2 atom stereocenters. The molecule has 2 unspecified atom stereocenters. The molecular weight excluding hydrogens is 492 g/mol. The van der Waals surface area contributed by atoms with E-state index in [1.807, 2.05) is 0 Å². The standard InChI is InChI=1S/C37H56O3/c1-14-24(6)19-26-20-27(35(8,9)16-3)21-29(33(26)39)25(7)30-22-28(36(10,11)17-4)23-31(37(12,13)18-5)34(30)40-32(38)15-2/h15,20-25,39H,2,14,16-19H2,1,3-13H3. The molecular formula is C37H56O3. The van der Waals surface area contributed by atoms with Crippen molar-refractivity contribution in [2.75, 3.05) is 0 Å². The summed E-state index contributed by atoms with van der Waals surface area (Å²) >= 11 is 0. The van der Waals surface area contributed by atoms with Gasteiger partial charge in [0, 0.05) is 28.7 Å². The third kappa shape index (κ3) is 7.20. The molecule has 0 bridgehead atoms. The zero-order chi connectivity index (χ0) is 30.6. The maximum absolute atomic E-state index is 12.7. The molecule has 2 aromatic carbocycles. The molecule has 40 heavy (non-hydrogen) atoms. The molecule has 0 aromatic heterocycles. The number of phenols is 1. The maximum Gasteiger partial charge on any atom is 0.335 e. The van der Waals surface area contributed by atoms with E-state index < -0.39 is 5.97 Å². The molecule has 0 aliphatic heterocycles. The SMILES string of the molecule is C=CC(=O)Oc1c(C(C)c2cc(C(C)(C)CC)cc(CC(C)CC)c2O)cc(C(C)(C)CC)cc1C(C)(C)CC. The van der Waals surface area contributed by atoms with E-state index >= 15 is 0 Å². The largest absolute Gasteiger partial charge is 0.507 e. The number of carbonyl (C=O) groups excluding carboxylic acids is 1. The average Bonchev–Trinajstić information content (AvgIpc) is 2.93. The first-order valence-electron chi connectivity index (χ1n) is 15.4. The third-order valence-corrected chi connectivity index (χ3v) is 9.85. The Morgan fingerprint density at radius 1 is 0.850 bits per heavy atom. The van der Waals surface area contributed by atoms with Gasteiger partial charge in [0.1, 0.15) is 11.5 Å². The van der Waals surface area contributed by atoms with Gasteiger partial charge in [0.15, 0.2) is 0 Å². The number of carbonyl (C=O) groups is 1. The van der Waals surface area contributed by atoms with Crippen LogP contribution in [0.3, 0.4) is 0 Å². The van der Waals surface area contributed by atoms with Gasteiger partial charge in [-0.1, -0.05) is 120 Å². The summed E-state index contributed by atoms with van der Waals surface area (Å²) in [4.78, 5) is 12.7. The topological polar surface area (TPSA) is 46.5 Å². The van der Waals surface area contributed by atoms with Crippen LogP contribution < -0.4 is 4.74 Å². The Morgan fingerprint density at radius 3 is 1.82 bits per heavy atom. The summed E-state index contributed by atoms with van der Waals surface area (Å²) in [6.45, 7) is 30.3. The molecule has 2 aromatic rings. The first-order valence-corrected chi connectivity index (χ1v) is 15.4. The predicted octanol–water partition coefficient (Wildman–Crippen LogP) is 10.3. The van der Waals surface area contributed by atoms with Crippen LogP contribution in [0.1, 0.15) is 148 Å². The van der Waals surface area contributed by atoms with Crippen LogP contribution in [0.5, 0.6) is 11.5 Å². The zero-order valence-corrected chi connectivity index (χ0v) is 27.5. The Balaban J connectivity index is 3.03. The quantitative estimate of drug-likeness (QED) is 0.154. The van der Waals surface area contributed by atoms with E-state index in [0.29, 0.717) is 17.4 Å². The fraction of sp³-hybridized carbons (Fsp3) is 0.595. The lowest BCUT2D eigenvalue weighted by atomic mass is 9.73. The van der Waals surface area contributed by atoms with Crippen molar-refractivity contribution >= 4 is 5.97 Å². The van der Waals surface area contributed by atoms with E-state index in [-0.39, 0.29) is 22.2 Å². The minimum absolute atomic E-state index is 0.0358. The van der Waals surface area contributed by atoms with Gasteiger partial charge in [0.25, 0.3) is 0 Å². The lowest BCUT2D eigenvalue weighted by Gasteiger charge is -2.33. The first-order chi connectivity index (χ1) is 18.5. The lowest BCUT2D eigenvalue weighted by Crippen LogP contribution is -2.24. The molecule has 0 fully saturated rings. The third-order valence-electron chi connectivity index (χ3n) is 9.85. The van der Waals surface area contributed by atoms with Crippen LogP contribution in [0, 0.1) is 5.92 Å². The molecule has 1 N–H and O–H groups in total. The van der Waals surface area contributed by atoms with Gasteiger partial charge in [-0.2, -0.15) is 0 Å². The Hall–Kier alpha value is -2.55. The summed E-state index contributed by atoms with van der Waals surface area (Å²) in [5.41, 5.74) is 5.97. The van der Waals surface area contributed by atoms with E-state index in [0.717, 1.165) is 54.4 Å². The number of aromatic hydroxyl groups is 1. The lowest BCUT2D eigenvalue weighted by molar-refractivity contribution is -0.129. The Morgan fingerprint density at radius 2 is 1.35 bits per heavy atom. The van der Waals surface area contributed by atoms with E-state index in [1.165, 1.54) is 17.2 Å². The molecule has 3 heteroatoms. The minimum atomic E-state index is -0.466. The highest BCUT2D eigenvalue weighted by Gasteiger charge is 2.33. The second-order valence-corrected chi connectivity index (χ2v) is 13.8. The normalized spacial score (nSPS) is 14.1. The molecule has 0 heterocycles. The summed E-state index contributed by atoms with van der Waals surface area (Å²) in [5.74, 6) is 0.759. The molecule has 222 valence electrons. The highest BCUT2D eigenvalue weighted by atomic mass is 16.5. The number of benzene rings is 2. The number of phenolic OH excluding ortho intramolecular Hbond substituents is 1. The summed E-state index contributed by atoms with van der Waals surface area (Å²) < 4.78 is 6.09. The monoisotopic (exact) mass is 548 g/mol. The molecule has 0 aliphatic carbocycles. The Labute approximate surface area is 245 Å². The van der Waals surface area contributed by atoms with Gasteiger partial charge in [-0.25, -0.2) is 4.79 Å². The van der Waals surface area contributed by atoms with Gasteiger partial charge in [-0.15, -0.1) is 0 Å². The van der Waals surface area contributed by atoms with E-state index in [2.05, 4.69) is 114 Å². The molecule has 0 aliphatic rings. The van der Waals surface area contributed by atoms with Crippen LogP contribution in [-0.2, 0) is 27.5 Å². The predicted molar refractivity (Wildman–Crippen MR) is 171 cm³/mol. The molecule has 3 nitrogen and oxygen atoms in total. The van der Waals surface area contributed by atoms with E-state index in [9.17, 15) is 9.90 Å². The summed E-state index contributed by atoms with van der Waals surface area (Å²) in [7, 11) is 0. The highest BCUT2D eigenvalue weighted by Crippen LogP contribution is 2.47. The second kappa shape index (κ2) is 13.0. The van der Waals surface area contributed by atoms with Crippen molar-refractivity contribution in [3.05, 3.63) is 70.3 Å². The number of hydrogen-bond donors (Lipinski definition) is 1. The van der Waals surface area contributed by atoms with Gasteiger partial charge in [-0.05, 0) is 64.5 Å². The van der Waals surface area contributed by atoms with Crippen LogP contribution in [0.15, 0.2) is 36.9 Å². The smallest absolute Gasteiger partial charge is 0.335 e. The number of ether oxygens (including phenoxy) is 1. The van der Waals surface area contributed by atoms with Gasteiger partial charge in [0.05, 0.1) is 0 Å². The summed E-state index contributed by atoms with van der Waals surface area (Å²) in [6, 6.07) is 8.84. The van der Waals surface area contributed by atoms with Crippen LogP contribution in [0.4, 0.5) is 0 Å². The second-order valence-electron chi connectivity index (χ2n) is 13.8. The molecule has 0 spiro atoms. The summed E-state index contributed by atoms with van der Waals surface area (Å²) in [6.07, 6.45) is 5.96. The van der Waals surface area contributed by atoms with Crippen molar-refractivity contribution in [2.24, 2.45) is 5.92 Å². The van der Waals surface area contributed by atoms with Crippen molar-refractivity contribution in [1.82, 2.24) is 0 Å². The van der Waals surface area contributed by atoms with E-state index in [4.69, 9.17) is 4.74 Å². The van der Waals surface area contributed by atoms with Crippen LogP contribution in [0.2, 0.25) is 0 Å². The van der Waals surface area contributed by atoms with Gasteiger partial charge in [-0.3, -0.25) is 0 Å². The van der Waals surface area contributed by atoms with Crippen molar-refractivity contribution in [1.29, 1.82) is 0 Å². The number of hydrogen-bond acceptors (Lipinski definition) is 3. The summed E-state index contributed by atoms with van der Waals surface area (Å²) in [5, 5.41) is 11.8. The molecule has 0 saturated heterocycles. The minimum Gasteiger partial charge on any atom is -0.507 e. The van der Waals surface area contributed by atoms with Crippen LogP contribution in [-0.4, -0.2) is 11.1 Å². The van der Waals surface area contributed by atoms with Crippen molar-refractivity contribution in [3.63, 3.8) is 0 Å². The van der Waals surface area contributed by atoms with Crippen LogP contribution in [0.25, 0.3) is 0 Å². The number of rotatable bonds is 13. The van der Waals surface area contributed by atoms with Gasteiger partial charge < -0.3 is 9.84 Å². The van der Waals surface area contributed by atoms with Crippen molar-refractivity contribution in [2.45, 2.75) is 137 Å². The number of esters is 1. The Bertz CT molecular complexity index is 1200. The average molecular weight is 549 g/mol. The highest BCUT2D eigenvalue weighted by molar-refractivity contribution is 5.84.